The van der Waals surface area contributed by atoms with Crippen molar-refractivity contribution in [1.29, 1.82) is 0 Å². The first-order valence-corrected chi connectivity index (χ1v) is 6.79. The summed E-state index contributed by atoms with van der Waals surface area (Å²) in [5, 5.41) is 12.4. The number of allylic oxidation sites excluding steroid dienone is 2. The number of aromatic carboxylic acids is 1. The maximum atomic E-state index is 11.1. The highest BCUT2D eigenvalue weighted by atomic mass is 16.4. The highest BCUT2D eigenvalue weighted by Gasteiger charge is 2.18. The number of hydrogen-bond acceptors (Lipinski definition) is 2. The Morgan fingerprint density at radius 3 is 2.84 bits per heavy atom. The van der Waals surface area contributed by atoms with Crippen LogP contribution in [0.15, 0.2) is 35.9 Å². The summed E-state index contributed by atoms with van der Waals surface area (Å²) in [7, 11) is 0. The number of rotatable bonds is 4. The van der Waals surface area contributed by atoms with E-state index in [1.807, 2.05) is 12.1 Å². The standard InChI is InChI=1S/C16H21NO2/c1-11-7-12(2)9-13(8-11)10-17-15-6-4-3-5-14(15)16(18)19/h3-7,11,13,17H,8-10H2,1-2H3,(H,18,19). The minimum atomic E-state index is -0.879. The summed E-state index contributed by atoms with van der Waals surface area (Å²) in [6, 6.07) is 7.09. The Kier molecular flexibility index (Phi) is 4.25. The summed E-state index contributed by atoms with van der Waals surface area (Å²) < 4.78 is 0. The lowest BCUT2D eigenvalue weighted by Gasteiger charge is -2.26. The number of hydrogen-bond donors (Lipinski definition) is 2. The van der Waals surface area contributed by atoms with E-state index in [2.05, 4.69) is 25.2 Å². The van der Waals surface area contributed by atoms with Crippen molar-refractivity contribution in [3.63, 3.8) is 0 Å². The van der Waals surface area contributed by atoms with Crippen LogP contribution in [0.25, 0.3) is 0 Å². The van der Waals surface area contributed by atoms with Crippen LogP contribution in [0.5, 0.6) is 0 Å². The van der Waals surface area contributed by atoms with Crippen LogP contribution in [0.1, 0.15) is 37.0 Å². The predicted molar refractivity (Wildman–Crippen MR) is 77.5 cm³/mol. The van der Waals surface area contributed by atoms with Gasteiger partial charge in [-0.15, -0.1) is 0 Å². The maximum absolute atomic E-state index is 11.1. The summed E-state index contributed by atoms with van der Waals surface area (Å²) in [6.07, 6.45) is 4.61. The smallest absolute Gasteiger partial charge is 0.337 e. The Morgan fingerprint density at radius 2 is 2.16 bits per heavy atom. The summed E-state index contributed by atoms with van der Waals surface area (Å²) in [5.41, 5.74) is 2.51. The fraction of sp³-hybridized carbons (Fsp3) is 0.438. The molecule has 1 aliphatic carbocycles. The lowest BCUT2D eigenvalue weighted by atomic mass is 9.83. The molecular formula is C16H21NO2. The molecule has 19 heavy (non-hydrogen) atoms. The Bertz CT molecular complexity index is 493. The van der Waals surface area contributed by atoms with E-state index in [9.17, 15) is 4.79 Å². The van der Waals surface area contributed by atoms with Gasteiger partial charge in [0.15, 0.2) is 0 Å². The molecule has 0 fully saturated rings. The highest BCUT2D eigenvalue weighted by Crippen LogP contribution is 2.28. The van der Waals surface area contributed by atoms with Crippen molar-refractivity contribution < 1.29 is 9.90 Å². The number of benzene rings is 1. The first-order chi connectivity index (χ1) is 9.06. The second-order valence-corrected chi connectivity index (χ2v) is 5.53. The van der Waals surface area contributed by atoms with E-state index >= 15 is 0 Å². The molecule has 3 heteroatoms. The normalized spacial score (nSPS) is 22.7. The van der Waals surface area contributed by atoms with Gasteiger partial charge >= 0.3 is 5.97 Å². The molecule has 0 aromatic heterocycles. The molecule has 102 valence electrons. The van der Waals surface area contributed by atoms with Crippen molar-refractivity contribution in [1.82, 2.24) is 0 Å². The monoisotopic (exact) mass is 259 g/mol. The average Bonchev–Trinajstić information content (AvgIpc) is 2.35. The molecule has 1 aromatic carbocycles. The molecule has 2 N–H and O–H groups in total. The minimum absolute atomic E-state index is 0.346. The SMILES string of the molecule is CC1=CC(C)CC(CNc2ccccc2C(=O)O)C1. The molecule has 0 aliphatic heterocycles. The molecular weight excluding hydrogens is 238 g/mol. The second kappa shape index (κ2) is 5.91. The predicted octanol–water partition coefficient (Wildman–Crippen LogP) is 3.79. The molecule has 0 radical (unpaired) electrons. The third kappa shape index (κ3) is 3.60. The van der Waals surface area contributed by atoms with E-state index in [0.29, 0.717) is 17.4 Å². The molecule has 2 rings (SSSR count). The molecule has 0 saturated heterocycles. The zero-order valence-electron chi connectivity index (χ0n) is 11.5. The van der Waals surface area contributed by atoms with Crippen molar-refractivity contribution >= 4 is 11.7 Å². The number of nitrogens with one attached hydrogen (secondary N) is 1. The van der Waals surface area contributed by atoms with Crippen molar-refractivity contribution in [2.75, 3.05) is 11.9 Å². The van der Waals surface area contributed by atoms with Gasteiger partial charge in [0.05, 0.1) is 5.56 Å². The quantitative estimate of drug-likeness (QED) is 0.809. The van der Waals surface area contributed by atoms with Gasteiger partial charge in [-0.05, 0) is 43.7 Å². The number of carboxylic acids is 1. The molecule has 1 aromatic rings. The van der Waals surface area contributed by atoms with Crippen molar-refractivity contribution in [3.8, 4) is 0 Å². The highest BCUT2D eigenvalue weighted by molar-refractivity contribution is 5.94. The molecule has 0 spiro atoms. The fourth-order valence-corrected chi connectivity index (χ4v) is 2.92. The lowest BCUT2D eigenvalue weighted by Crippen LogP contribution is -2.21. The number of para-hydroxylation sites is 1. The van der Waals surface area contributed by atoms with Crippen LogP contribution in [-0.2, 0) is 0 Å². The molecule has 1 aliphatic rings. The van der Waals surface area contributed by atoms with Crippen LogP contribution in [0.3, 0.4) is 0 Å². The number of anilines is 1. The Balaban J connectivity index is 2.00. The largest absolute Gasteiger partial charge is 0.478 e. The van der Waals surface area contributed by atoms with Gasteiger partial charge < -0.3 is 10.4 Å². The summed E-state index contributed by atoms with van der Waals surface area (Å²) in [4.78, 5) is 11.1. The zero-order chi connectivity index (χ0) is 13.8. The first-order valence-electron chi connectivity index (χ1n) is 6.79. The molecule has 0 amide bonds. The van der Waals surface area contributed by atoms with Gasteiger partial charge in [-0.2, -0.15) is 0 Å². The van der Waals surface area contributed by atoms with E-state index in [-0.39, 0.29) is 0 Å². The van der Waals surface area contributed by atoms with E-state index in [4.69, 9.17) is 5.11 Å². The molecule has 3 nitrogen and oxygen atoms in total. The maximum Gasteiger partial charge on any atom is 0.337 e. The van der Waals surface area contributed by atoms with E-state index in [1.165, 1.54) is 12.0 Å². The van der Waals surface area contributed by atoms with Gasteiger partial charge in [-0.25, -0.2) is 4.79 Å². The molecule has 2 atom stereocenters. The molecule has 0 bridgehead atoms. The number of carboxylic acid groups (broad SMARTS) is 1. The lowest BCUT2D eigenvalue weighted by molar-refractivity contribution is 0.0698. The van der Waals surface area contributed by atoms with Crippen molar-refractivity contribution in [2.45, 2.75) is 26.7 Å². The van der Waals surface area contributed by atoms with Crippen LogP contribution in [0.2, 0.25) is 0 Å². The minimum Gasteiger partial charge on any atom is -0.478 e. The van der Waals surface area contributed by atoms with E-state index in [0.717, 1.165) is 18.7 Å². The van der Waals surface area contributed by atoms with Crippen molar-refractivity contribution in [2.24, 2.45) is 11.8 Å². The molecule has 2 unspecified atom stereocenters. The fourth-order valence-electron chi connectivity index (χ4n) is 2.92. The van der Waals surface area contributed by atoms with E-state index < -0.39 is 5.97 Å². The second-order valence-electron chi connectivity index (χ2n) is 5.53. The van der Waals surface area contributed by atoms with Gasteiger partial charge in [0.25, 0.3) is 0 Å². The van der Waals surface area contributed by atoms with Gasteiger partial charge in [-0.1, -0.05) is 30.7 Å². The first kappa shape index (κ1) is 13.7. The average molecular weight is 259 g/mol. The summed E-state index contributed by atoms with van der Waals surface area (Å²) >= 11 is 0. The van der Waals surface area contributed by atoms with Crippen molar-refractivity contribution in [3.05, 3.63) is 41.5 Å². The molecule has 0 heterocycles. The van der Waals surface area contributed by atoms with E-state index in [1.54, 1.807) is 12.1 Å². The van der Waals surface area contributed by atoms with Gasteiger partial charge in [-0.3, -0.25) is 0 Å². The Hall–Kier alpha value is -1.77. The summed E-state index contributed by atoms with van der Waals surface area (Å²) in [5.74, 6) is 0.327. The van der Waals surface area contributed by atoms with Crippen LogP contribution in [0.4, 0.5) is 5.69 Å². The zero-order valence-corrected chi connectivity index (χ0v) is 11.5. The topological polar surface area (TPSA) is 49.3 Å². The Morgan fingerprint density at radius 1 is 1.42 bits per heavy atom. The van der Waals surface area contributed by atoms with Crippen LogP contribution < -0.4 is 5.32 Å². The van der Waals surface area contributed by atoms with Crippen LogP contribution >= 0.6 is 0 Å². The number of carbonyl (C=O) groups is 1. The van der Waals surface area contributed by atoms with Gasteiger partial charge in [0.2, 0.25) is 0 Å². The van der Waals surface area contributed by atoms with Crippen LogP contribution in [0, 0.1) is 11.8 Å². The summed E-state index contributed by atoms with van der Waals surface area (Å²) in [6.45, 7) is 5.24. The molecule has 0 saturated carbocycles. The van der Waals surface area contributed by atoms with Crippen LogP contribution in [-0.4, -0.2) is 17.6 Å². The third-order valence-electron chi connectivity index (χ3n) is 3.62. The van der Waals surface area contributed by atoms with Gasteiger partial charge in [0.1, 0.15) is 0 Å². The third-order valence-corrected chi connectivity index (χ3v) is 3.62. The van der Waals surface area contributed by atoms with Gasteiger partial charge in [0, 0.05) is 12.2 Å². The Labute approximate surface area is 114 Å².